The van der Waals surface area contributed by atoms with Crippen molar-refractivity contribution in [2.75, 3.05) is 37.7 Å². The maximum atomic E-state index is 13.0. The van der Waals surface area contributed by atoms with Gasteiger partial charge in [0, 0.05) is 43.9 Å². The number of amides is 1. The molecule has 1 unspecified atom stereocenters. The minimum Gasteiger partial charge on any atom is -0.379 e. The van der Waals surface area contributed by atoms with Gasteiger partial charge in [-0.1, -0.05) is 59.8 Å². The fraction of sp³-hybridized carbons (Fsp3) is 0.300. The van der Waals surface area contributed by atoms with Crippen molar-refractivity contribution in [3.05, 3.63) is 89.3 Å². The third-order valence-electron chi connectivity index (χ3n) is 7.73. The van der Waals surface area contributed by atoms with Crippen LogP contribution in [0.3, 0.4) is 0 Å². The summed E-state index contributed by atoms with van der Waals surface area (Å²) >= 11 is 0. The Bertz CT molecular complexity index is 1460. The number of nitrogens with zero attached hydrogens (tertiary/aromatic N) is 4. The lowest BCUT2D eigenvalue weighted by molar-refractivity contribution is -0.117. The lowest BCUT2D eigenvalue weighted by atomic mass is 10.1. The SMILES string of the molecule is O=C1CC(c2nc(-c3ccc(CN4CCOCC4)cc3)no2)CN1c1ccc2c(c1)Cc1ccccc1-2. The molecule has 7 rings (SSSR count). The molecular formula is C30H28N4O3. The largest absolute Gasteiger partial charge is 0.379 e. The van der Waals surface area contributed by atoms with Gasteiger partial charge in [-0.25, -0.2) is 0 Å². The normalized spacial score (nSPS) is 19.3. The van der Waals surface area contributed by atoms with Gasteiger partial charge in [0.1, 0.15) is 0 Å². The van der Waals surface area contributed by atoms with Gasteiger partial charge in [0.25, 0.3) is 0 Å². The summed E-state index contributed by atoms with van der Waals surface area (Å²) in [6, 6.07) is 23.2. The predicted octanol–water partition coefficient (Wildman–Crippen LogP) is 4.66. The van der Waals surface area contributed by atoms with Crippen molar-refractivity contribution in [3.8, 4) is 22.5 Å². The maximum absolute atomic E-state index is 13.0. The predicted molar refractivity (Wildman–Crippen MR) is 140 cm³/mol. The molecule has 4 aromatic rings. The van der Waals surface area contributed by atoms with E-state index < -0.39 is 0 Å². The molecule has 7 nitrogen and oxygen atoms in total. The quantitative estimate of drug-likeness (QED) is 0.355. The Morgan fingerprint density at radius 1 is 0.919 bits per heavy atom. The van der Waals surface area contributed by atoms with Crippen LogP contribution >= 0.6 is 0 Å². The molecule has 186 valence electrons. The van der Waals surface area contributed by atoms with Gasteiger partial charge in [-0.2, -0.15) is 4.98 Å². The average Bonchev–Trinajstić information content (AvgIpc) is 3.66. The molecule has 1 amide bonds. The first kappa shape index (κ1) is 22.4. The van der Waals surface area contributed by atoms with Crippen LogP contribution in [0.2, 0.25) is 0 Å². The van der Waals surface area contributed by atoms with Gasteiger partial charge in [-0.05, 0) is 46.4 Å². The Kier molecular flexibility index (Phi) is 5.60. The number of benzene rings is 3. The molecule has 1 atom stereocenters. The summed E-state index contributed by atoms with van der Waals surface area (Å²) in [5.74, 6) is 1.07. The third kappa shape index (κ3) is 4.24. The first-order chi connectivity index (χ1) is 18.2. The van der Waals surface area contributed by atoms with E-state index >= 15 is 0 Å². The van der Waals surface area contributed by atoms with Crippen molar-refractivity contribution in [1.82, 2.24) is 15.0 Å². The Balaban J connectivity index is 1.04. The van der Waals surface area contributed by atoms with E-state index in [1.807, 2.05) is 17.0 Å². The van der Waals surface area contributed by atoms with Crippen molar-refractivity contribution < 1.29 is 14.1 Å². The number of carbonyl (C=O) groups excluding carboxylic acids is 1. The highest BCUT2D eigenvalue weighted by Crippen LogP contribution is 2.40. The van der Waals surface area contributed by atoms with Gasteiger partial charge in [0.05, 0.1) is 19.1 Å². The summed E-state index contributed by atoms with van der Waals surface area (Å²) < 4.78 is 11.1. The highest BCUT2D eigenvalue weighted by atomic mass is 16.5. The van der Waals surface area contributed by atoms with Crippen molar-refractivity contribution >= 4 is 11.6 Å². The first-order valence-corrected chi connectivity index (χ1v) is 13.0. The van der Waals surface area contributed by atoms with E-state index in [1.54, 1.807) is 0 Å². The summed E-state index contributed by atoms with van der Waals surface area (Å²) in [6.07, 6.45) is 1.28. The Labute approximate surface area is 215 Å². The molecule has 3 aliphatic rings. The smallest absolute Gasteiger partial charge is 0.232 e. The second-order valence-corrected chi connectivity index (χ2v) is 10.1. The highest BCUT2D eigenvalue weighted by Gasteiger charge is 2.35. The Morgan fingerprint density at radius 2 is 1.73 bits per heavy atom. The zero-order chi connectivity index (χ0) is 24.8. The minimum absolute atomic E-state index is 0.0904. The molecule has 0 saturated carbocycles. The number of hydrogen-bond acceptors (Lipinski definition) is 6. The van der Waals surface area contributed by atoms with Gasteiger partial charge < -0.3 is 14.2 Å². The van der Waals surface area contributed by atoms with Gasteiger partial charge in [-0.3, -0.25) is 9.69 Å². The van der Waals surface area contributed by atoms with Crippen LogP contribution in [0, 0.1) is 0 Å². The van der Waals surface area contributed by atoms with E-state index in [2.05, 4.69) is 69.6 Å². The molecule has 2 aliphatic heterocycles. The molecule has 1 aliphatic carbocycles. The Morgan fingerprint density at radius 3 is 2.59 bits per heavy atom. The van der Waals surface area contributed by atoms with E-state index in [0.29, 0.717) is 24.7 Å². The fourth-order valence-corrected chi connectivity index (χ4v) is 5.72. The molecule has 3 heterocycles. The third-order valence-corrected chi connectivity index (χ3v) is 7.73. The van der Waals surface area contributed by atoms with Crippen LogP contribution < -0.4 is 4.90 Å². The molecule has 0 radical (unpaired) electrons. The molecule has 2 fully saturated rings. The van der Waals surface area contributed by atoms with Crippen LogP contribution in [0.5, 0.6) is 0 Å². The van der Waals surface area contributed by atoms with E-state index in [9.17, 15) is 4.79 Å². The number of morpholine rings is 1. The molecule has 7 heteroatoms. The van der Waals surface area contributed by atoms with E-state index in [1.165, 1.54) is 27.8 Å². The van der Waals surface area contributed by atoms with Gasteiger partial charge in [0.2, 0.25) is 17.6 Å². The van der Waals surface area contributed by atoms with Crippen molar-refractivity contribution in [2.24, 2.45) is 0 Å². The molecule has 0 N–H and O–H groups in total. The second-order valence-electron chi connectivity index (χ2n) is 10.1. The number of ether oxygens (including phenoxy) is 1. The van der Waals surface area contributed by atoms with Crippen LogP contribution in [0.15, 0.2) is 71.3 Å². The van der Waals surface area contributed by atoms with Gasteiger partial charge >= 0.3 is 0 Å². The van der Waals surface area contributed by atoms with Crippen LogP contribution in [-0.4, -0.2) is 53.8 Å². The van der Waals surface area contributed by atoms with Crippen molar-refractivity contribution in [1.29, 1.82) is 0 Å². The van der Waals surface area contributed by atoms with Gasteiger partial charge in [-0.15, -0.1) is 0 Å². The zero-order valence-corrected chi connectivity index (χ0v) is 20.6. The summed E-state index contributed by atoms with van der Waals surface area (Å²) in [6.45, 7) is 4.98. The van der Waals surface area contributed by atoms with E-state index in [0.717, 1.165) is 50.5 Å². The molecule has 3 aromatic carbocycles. The number of rotatable bonds is 5. The molecule has 1 aromatic heterocycles. The van der Waals surface area contributed by atoms with Crippen LogP contribution in [0.4, 0.5) is 5.69 Å². The van der Waals surface area contributed by atoms with Crippen molar-refractivity contribution in [3.63, 3.8) is 0 Å². The lowest BCUT2D eigenvalue weighted by Crippen LogP contribution is -2.35. The number of aromatic nitrogens is 2. The lowest BCUT2D eigenvalue weighted by Gasteiger charge is -2.26. The van der Waals surface area contributed by atoms with Crippen molar-refractivity contribution in [2.45, 2.75) is 25.3 Å². The Hall–Kier alpha value is -3.81. The summed E-state index contributed by atoms with van der Waals surface area (Å²) in [5.41, 5.74) is 8.28. The number of anilines is 1. The summed E-state index contributed by atoms with van der Waals surface area (Å²) in [5, 5.41) is 4.23. The number of fused-ring (bicyclic) bond motifs is 3. The first-order valence-electron chi connectivity index (χ1n) is 13.0. The van der Waals surface area contributed by atoms with Crippen LogP contribution in [0.25, 0.3) is 22.5 Å². The zero-order valence-electron chi connectivity index (χ0n) is 20.6. The summed E-state index contributed by atoms with van der Waals surface area (Å²) in [4.78, 5) is 21.9. The van der Waals surface area contributed by atoms with Crippen LogP contribution in [-0.2, 0) is 22.5 Å². The summed E-state index contributed by atoms with van der Waals surface area (Å²) in [7, 11) is 0. The molecule has 37 heavy (non-hydrogen) atoms. The second kappa shape index (κ2) is 9.25. The topological polar surface area (TPSA) is 71.7 Å². The van der Waals surface area contributed by atoms with E-state index in [-0.39, 0.29) is 11.8 Å². The monoisotopic (exact) mass is 492 g/mol. The molecule has 2 saturated heterocycles. The fourth-order valence-electron chi connectivity index (χ4n) is 5.72. The highest BCUT2D eigenvalue weighted by molar-refractivity contribution is 5.97. The molecular weight excluding hydrogens is 464 g/mol. The van der Waals surface area contributed by atoms with E-state index in [4.69, 9.17) is 9.26 Å². The minimum atomic E-state index is -0.111. The number of hydrogen-bond donors (Lipinski definition) is 0. The maximum Gasteiger partial charge on any atom is 0.232 e. The number of carbonyl (C=O) groups is 1. The van der Waals surface area contributed by atoms with Crippen LogP contribution in [0.1, 0.15) is 34.9 Å². The molecule has 0 bridgehead atoms. The standard InChI is InChI=1S/C30H28N4O3/c35-28-17-24(19-34(28)25-9-10-27-23(16-25)15-22-3-1-2-4-26(22)27)30-31-29(32-37-30)21-7-5-20(6-8-21)18-33-11-13-36-14-12-33/h1-10,16,24H,11-15,17-19H2. The van der Waals surface area contributed by atoms with Gasteiger partial charge in [0.15, 0.2) is 0 Å². The molecule has 0 spiro atoms. The average molecular weight is 493 g/mol.